The summed E-state index contributed by atoms with van der Waals surface area (Å²) in [6, 6.07) is 16.0. The Balaban J connectivity index is 1.59. The quantitative estimate of drug-likeness (QED) is 0.509. The predicted octanol–water partition coefficient (Wildman–Crippen LogP) is 4.12. The van der Waals surface area contributed by atoms with Crippen molar-refractivity contribution in [2.24, 2.45) is 4.99 Å². The molecule has 9 nitrogen and oxygen atoms in total. The van der Waals surface area contributed by atoms with E-state index in [1.807, 2.05) is 12.1 Å². The molecular weight excluding hydrogens is 456 g/mol. The number of carbonyl (C=O) groups is 2. The summed E-state index contributed by atoms with van der Waals surface area (Å²) < 4.78 is 15.5. The lowest BCUT2D eigenvalue weighted by Gasteiger charge is -2.18. The molecule has 34 heavy (non-hydrogen) atoms. The van der Waals surface area contributed by atoms with Crippen LogP contribution in [0.15, 0.2) is 69.8 Å². The minimum absolute atomic E-state index is 0.0160. The van der Waals surface area contributed by atoms with E-state index in [-0.39, 0.29) is 29.1 Å². The number of amides is 2. The second-order valence-corrected chi connectivity index (χ2v) is 8.15. The van der Waals surface area contributed by atoms with Gasteiger partial charge in [-0.15, -0.1) is 0 Å². The van der Waals surface area contributed by atoms with Gasteiger partial charge in [0.25, 0.3) is 5.91 Å². The lowest BCUT2D eigenvalue weighted by atomic mass is 10.2. The molecule has 0 radical (unpaired) electrons. The summed E-state index contributed by atoms with van der Waals surface area (Å²) in [5.74, 6) is 0.971. The first-order valence-corrected chi connectivity index (χ1v) is 11.2. The van der Waals surface area contributed by atoms with Gasteiger partial charge in [0.1, 0.15) is 17.2 Å². The number of aryl methyl sites for hydroxylation is 1. The van der Waals surface area contributed by atoms with Crippen LogP contribution in [0.25, 0.3) is 6.08 Å². The van der Waals surface area contributed by atoms with Gasteiger partial charge in [-0.2, -0.15) is 0 Å². The van der Waals surface area contributed by atoms with Crippen molar-refractivity contribution >= 4 is 46.4 Å². The van der Waals surface area contributed by atoms with E-state index in [0.717, 1.165) is 17.3 Å². The number of amidine groups is 1. The largest absolute Gasteiger partial charge is 0.497 e. The number of ether oxygens (including phenoxy) is 2. The summed E-state index contributed by atoms with van der Waals surface area (Å²) >= 11 is 1.14. The van der Waals surface area contributed by atoms with Gasteiger partial charge in [-0.3, -0.25) is 19.8 Å². The Labute approximate surface area is 200 Å². The number of methoxy groups -OCH3 is 2. The van der Waals surface area contributed by atoms with Crippen LogP contribution in [-0.2, 0) is 9.59 Å². The molecule has 0 unspecified atom stereocenters. The van der Waals surface area contributed by atoms with Crippen LogP contribution in [0.3, 0.4) is 0 Å². The number of hydrogen-bond acceptors (Lipinski definition) is 8. The lowest BCUT2D eigenvalue weighted by molar-refractivity contribution is -0.114. The standard InChI is InChI=1S/C24H22N4O5S/c1-15-11-22(33-27-15)26-21(29)14-34-24-25-20(12-16-7-9-18(31-2)10-8-16)23(30)28(24)17-5-4-6-19(13-17)32-3/h4-13H,14H2,1-3H3,(H,26,29)/b20-12-. The zero-order valence-corrected chi connectivity index (χ0v) is 19.6. The molecule has 0 spiro atoms. The van der Waals surface area contributed by atoms with Gasteiger partial charge in [-0.05, 0) is 42.8 Å². The maximum atomic E-state index is 13.3. The van der Waals surface area contributed by atoms with E-state index < -0.39 is 0 Å². The number of benzene rings is 2. The van der Waals surface area contributed by atoms with Crippen molar-refractivity contribution < 1.29 is 23.6 Å². The third kappa shape index (κ3) is 5.29. The van der Waals surface area contributed by atoms with E-state index in [2.05, 4.69) is 15.5 Å². The molecule has 2 amide bonds. The maximum Gasteiger partial charge on any atom is 0.283 e. The summed E-state index contributed by atoms with van der Waals surface area (Å²) in [6.07, 6.45) is 1.69. The van der Waals surface area contributed by atoms with Gasteiger partial charge in [-0.25, -0.2) is 4.99 Å². The Bertz CT molecular complexity index is 1270. The van der Waals surface area contributed by atoms with Crippen LogP contribution in [0.5, 0.6) is 11.5 Å². The molecule has 4 rings (SSSR count). The summed E-state index contributed by atoms with van der Waals surface area (Å²) in [6.45, 7) is 1.76. The monoisotopic (exact) mass is 478 g/mol. The summed E-state index contributed by atoms with van der Waals surface area (Å²) in [4.78, 5) is 31.7. The van der Waals surface area contributed by atoms with Gasteiger partial charge in [0.05, 0.1) is 31.4 Å². The molecule has 0 aliphatic carbocycles. The van der Waals surface area contributed by atoms with Crippen molar-refractivity contribution in [1.29, 1.82) is 0 Å². The molecule has 1 aliphatic rings. The minimum atomic E-state index is -0.311. The van der Waals surface area contributed by atoms with Crippen LogP contribution in [0, 0.1) is 6.92 Å². The fraction of sp³-hybridized carbons (Fsp3) is 0.167. The highest BCUT2D eigenvalue weighted by molar-refractivity contribution is 8.14. The van der Waals surface area contributed by atoms with Crippen molar-refractivity contribution in [2.75, 3.05) is 30.2 Å². The van der Waals surface area contributed by atoms with Gasteiger partial charge >= 0.3 is 0 Å². The molecule has 0 atom stereocenters. The summed E-state index contributed by atoms with van der Waals surface area (Å²) in [5, 5.41) is 6.76. The van der Waals surface area contributed by atoms with E-state index in [1.165, 1.54) is 4.90 Å². The highest BCUT2D eigenvalue weighted by Gasteiger charge is 2.32. The number of nitrogens with one attached hydrogen (secondary N) is 1. The molecule has 0 saturated carbocycles. The number of thioether (sulfide) groups is 1. The van der Waals surface area contributed by atoms with Gasteiger partial charge in [0, 0.05) is 12.1 Å². The predicted molar refractivity (Wildman–Crippen MR) is 131 cm³/mol. The van der Waals surface area contributed by atoms with Gasteiger partial charge in [0.15, 0.2) is 5.17 Å². The van der Waals surface area contributed by atoms with Crippen molar-refractivity contribution in [1.82, 2.24) is 5.16 Å². The zero-order valence-electron chi connectivity index (χ0n) is 18.8. The van der Waals surface area contributed by atoms with E-state index in [9.17, 15) is 9.59 Å². The van der Waals surface area contributed by atoms with Gasteiger partial charge in [-0.1, -0.05) is 35.1 Å². The van der Waals surface area contributed by atoms with Crippen LogP contribution in [0.2, 0.25) is 0 Å². The molecule has 1 aromatic heterocycles. The van der Waals surface area contributed by atoms with Crippen molar-refractivity contribution in [3.63, 3.8) is 0 Å². The van der Waals surface area contributed by atoms with Gasteiger partial charge in [0.2, 0.25) is 11.8 Å². The Morgan fingerprint density at radius 2 is 1.88 bits per heavy atom. The van der Waals surface area contributed by atoms with E-state index in [0.29, 0.717) is 28.0 Å². The lowest BCUT2D eigenvalue weighted by Crippen LogP contribution is -2.31. The van der Waals surface area contributed by atoms with Crippen LogP contribution in [0.4, 0.5) is 11.6 Å². The van der Waals surface area contributed by atoms with E-state index in [1.54, 1.807) is 69.7 Å². The zero-order chi connectivity index (χ0) is 24.1. The Morgan fingerprint density at radius 1 is 1.12 bits per heavy atom. The smallest absolute Gasteiger partial charge is 0.283 e. The van der Waals surface area contributed by atoms with E-state index in [4.69, 9.17) is 14.0 Å². The normalized spacial score (nSPS) is 14.3. The van der Waals surface area contributed by atoms with Crippen LogP contribution < -0.4 is 19.7 Å². The van der Waals surface area contributed by atoms with E-state index >= 15 is 0 Å². The van der Waals surface area contributed by atoms with Crippen LogP contribution >= 0.6 is 11.8 Å². The Kier molecular flexibility index (Phi) is 6.98. The topological polar surface area (TPSA) is 106 Å². The first kappa shape index (κ1) is 23.1. The molecule has 2 aromatic carbocycles. The van der Waals surface area contributed by atoms with Crippen LogP contribution in [0.1, 0.15) is 11.3 Å². The highest BCUT2D eigenvalue weighted by atomic mass is 32.2. The average molecular weight is 479 g/mol. The molecule has 10 heteroatoms. The summed E-state index contributed by atoms with van der Waals surface area (Å²) in [7, 11) is 3.15. The van der Waals surface area contributed by atoms with Crippen molar-refractivity contribution in [2.45, 2.75) is 6.92 Å². The molecule has 0 fully saturated rings. The van der Waals surface area contributed by atoms with Crippen LogP contribution in [-0.4, -0.2) is 42.1 Å². The first-order valence-electron chi connectivity index (χ1n) is 10.3. The molecule has 2 heterocycles. The molecule has 1 N–H and O–H groups in total. The number of aliphatic imine (C=N–C) groups is 1. The number of carbonyl (C=O) groups excluding carboxylic acids is 2. The number of nitrogens with zero attached hydrogens (tertiary/aromatic N) is 3. The molecule has 0 saturated heterocycles. The van der Waals surface area contributed by atoms with Crippen molar-refractivity contribution in [3.05, 3.63) is 71.6 Å². The first-order chi connectivity index (χ1) is 16.5. The second kappa shape index (κ2) is 10.3. The average Bonchev–Trinajstić information content (AvgIpc) is 3.40. The third-order valence-corrected chi connectivity index (χ3v) is 5.72. The SMILES string of the molecule is COc1ccc(/C=C2\N=C(SCC(=O)Nc3cc(C)no3)N(c3cccc(OC)c3)C2=O)cc1. The number of hydrogen-bond donors (Lipinski definition) is 1. The summed E-state index contributed by atoms with van der Waals surface area (Å²) in [5.41, 5.74) is 2.29. The Morgan fingerprint density at radius 3 is 2.56 bits per heavy atom. The molecular formula is C24H22N4O5S. The molecule has 1 aliphatic heterocycles. The molecule has 174 valence electrons. The highest BCUT2D eigenvalue weighted by Crippen LogP contribution is 2.31. The number of anilines is 2. The number of aromatic nitrogens is 1. The fourth-order valence-electron chi connectivity index (χ4n) is 3.15. The molecule has 0 bridgehead atoms. The molecule has 3 aromatic rings. The second-order valence-electron chi connectivity index (χ2n) is 7.21. The maximum absolute atomic E-state index is 13.3. The number of rotatable bonds is 7. The van der Waals surface area contributed by atoms with Gasteiger partial charge < -0.3 is 14.0 Å². The Hall–Kier alpha value is -4.05. The third-order valence-electron chi connectivity index (χ3n) is 4.78. The fourth-order valence-corrected chi connectivity index (χ4v) is 3.97. The van der Waals surface area contributed by atoms with Crippen molar-refractivity contribution in [3.8, 4) is 11.5 Å². The minimum Gasteiger partial charge on any atom is -0.497 e.